The van der Waals surface area contributed by atoms with Gasteiger partial charge in [0.05, 0.1) is 25.9 Å². The van der Waals surface area contributed by atoms with Gasteiger partial charge in [-0.05, 0) is 37.9 Å². The normalized spacial score (nSPS) is 11.9. The summed E-state index contributed by atoms with van der Waals surface area (Å²) < 4.78 is 12.5. The second-order valence-corrected chi connectivity index (χ2v) is 7.42. The number of aromatic nitrogens is 1. The number of carbonyl (C=O) groups is 2. The quantitative estimate of drug-likeness (QED) is 0.570. The van der Waals surface area contributed by atoms with Crippen LogP contribution in [0.1, 0.15) is 11.6 Å². The van der Waals surface area contributed by atoms with E-state index < -0.39 is 11.8 Å². The lowest BCUT2D eigenvalue weighted by Crippen LogP contribution is -2.40. The molecule has 31 heavy (non-hydrogen) atoms. The van der Waals surface area contributed by atoms with Crippen molar-refractivity contribution < 1.29 is 19.1 Å². The van der Waals surface area contributed by atoms with Crippen molar-refractivity contribution in [2.24, 2.45) is 7.05 Å². The van der Waals surface area contributed by atoms with Crippen LogP contribution in [0.3, 0.4) is 0 Å². The fraction of sp³-hybridized carbons (Fsp3) is 0.304. The second-order valence-electron chi connectivity index (χ2n) is 7.42. The molecule has 3 aromatic rings. The first-order valence-corrected chi connectivity index (χ1v) is 9.87. The van der Waals surface area contributed by atoms with Crippen molar-refractivity contribution in [1.82, 2.24) is 14.8 Å². The maximum absolute atomic E-state index is 12.5. The number of amides is 2. The van der Waals surface area contributed by atoms with Gasteiger partial charge in [-0.2, -0.15) is 0 Å². The standard InChI is InChI=1S/C23H28N4O4/c1-26(2)20(17-14-27(3)19-9-7-6-8-16(17)19)13-24-22(28)23(29)25-18-12-15(30-4)10-11-21(18)31-5/h6-12,14,20H,13H2,1-5H3,(H,24,28)(H,25,29). The van der Waals surface area contributed by atoms with Gasteiger partial charge < -0.3 is 29.6 Å². The Kier molecular flexibility index (Phi) is 6.81. The van der Waals surface area contributed by atoms with Crippen molar-refractivity contribution in [3.63, 3.8) is 0 Å². The Morgan fingerprint density at radius 1 is 1.06 bits per heavy atom. The molecule has 0 bridgehead atoms. The summed E-state index contributed by atoms with van der Waals surface area (Å²) in [6.07, 6.45) is 2.06. The monoisotopic (exact) mass is 424 g/mol. The predicted molar refractivity (Wildman–Crippen MR) is 121 cm³/mol. The fourth-order valence-corrected chi connectivity index (χ4v) is 3.57. The zero-order chi connectivity index (χ0) is 22.5. The number of aryl methyl sites for hydroxylation is 1. The molecule has 0 saturated heterocycles. The number of likely N-dealkylation sites (N-methyl/N-ethyl adjacent to an activating group) is 1. The zero-order valence-electron chi connectivity index (χ0n) is 18.4. The van der Waals surface area contributed by atoms with E-state index in [1.807, 2.05) is 38.2 Å². The number of nitrogens with zero attached hydrogens (tertiary/aromatic N) is 2. The van der Waals surface area contributed by atoms with E-state index >= 15 is 0 Å². The van der Waals surface area contributed by atoms with Crippen LogP contribution < -0.4 is 20.1 Å². The van der Waals surface area contributed by atoms with E-state index in [4.69, 9.17) is 9.47 Å². The van der Waals surface area contributed by atoms with Gasteiger partial charge in [-0.25, -0.2) is 0 Å². The minimum absolute atomic E-state index is 0.103. The Balaban J connectivity index is 1.73. The van der Waals surface area contributed by atoms with E-state index in [1.54, 1.807) is 18.2 Å². The molecule has 164 valence electrons. The van der Waals surface area contributed by atoms with Crippen molar-refractivity contribution in [2.75, 3.05) is 40.2 Å². The molecule has 0 fully saturated rings. The zero-order valence-corrected chi connectivity index (χ0v) is 18.4. The summed E-state index contributed by atoms with van der Waals surface area (Å²) in [5, 5.41) is 6.45. The number of nitrogens with one attached hydrogen (secondary N) is 2. The third-order valence-corrected chi connectivity index (χ3v) is 5.23. The van der Waals surface area contributed by atoms with Gasteiger partial charge in [0, 0.05) is 36.8 Å². The Morgan fingerprint density at radius 3 is 2.48 bits per heavy atom. The number of rotatable bonds is 7. The molecule has 1 unspecified atom stereocenters. The molecular formula is C23H28N4O4. The van der Waals surface area contributed by atoms with Gasteiger partial charge in [0.2, 0.25) is 0 Å². The van der Waals surface area contributed by atoms with E-state index in [-0.39, 0.29) is 12.6 Å². The van der Waals surface area contributed by atoms with Crippen LogP contribution in [0.4, 0.5) is 5.69 Å². The maximum Gasteiger partial charge on any atom is 0.313 e. The lowest BCUT2D eigenvalue weighted by molar-refractivity contribution is -0.136. The molecule has 0 saturated carbocycles. The summed E-state index contributed by atoms with van der Waals surface area (Å²) in [7, 11) is 8.89. The molecule has 0 aliphatic heterocycles. The van der Waals surface area contributed by atoms with Crippen molar-refractivity contribution in [3.05, 3.63) is 54.2 Å². The summed E-state index contributed by atoms with van der Waals surface area (Å²) in [5.74, 6) is -0.525. The molecule has 8 nitrogen and oxygen atoms in total. The number of fused-ring (bicyclic) bond motifs is 1. The molecule has 3 rings (SSSR count). The van der Waals surface area contributed by atoms with Crippen molar-refractivity contribution in [1.29, 1.82) is 0 Å². The van der Waals surface area contributed by atoms with Crippen LogP contribution in [0.2, 0.25) is 0 Å². The van der Waals surface area contributed by atoms with Gasteiger partial charge in [0.1, 0.15) is 11.5 Å². The first-order valence-electron chi connectivity index (χ1n) is 9.87. The minimum atomic E-state index is -0.776. The summed E-state index contributed by atoms with van der Waals surface area (Å²) in [6, 6.07) is 13.0. The highest BCUT2D eigenvalue weighted by Gasteiger charge is 2.22. The number of methoxy groups -OCH3 is 2. The molecule has 0 radical (unpaired) electrons. The summed E-state index contributed by atoms with van der Waals surface area (Å²) in [4.78, 5) is 27.0. The minimum Gasteiger partial charge on any atom is -0.497 e. The average molecular weight is 425 g/mol. The largest absolute Gasteiger partial charge is 0.497 e. The lowest BCUT2D eigenvalue weighted by atomic mass is 10.0. The van der Waals surface area contributed by atoms with Gasteiger partial charge >= 0.3 is 11.8 Å². The van der Waals surface area contributed by atoms with E-state index in [1.165, 1.54) is 14.2 Å². The van der Waals surface area contributed by atoms with Crippen LogP contribution in [0.5, 0.6) is 11.5 Å². The molecule has 0 aliphatic carbocycles. The molecule has 2 N–H and O–H groups in total. The summed E-state index contributed by atoms with van der Waals surface area (Å²) in [6.45, 7) is 0.280. The summed E-state index contributed by atoms with van der Waals surface area (Å²) >= 11 is 0. The Labute approximate surface area is 181 Å². The van der Waals surface area contributed by atoms with Crippen molar-refractivity contribution in [3.8, 4) is 11.5 Å². The molecule has 0 spiro atoms. The topological polar surface area (TPSA) is 84.8 Å². The first kappa shape index (κ1) is 22.2. The van der Waals surface area contributed by atoms with E-state index in [2.05, 4.69) is 33.5 Å². The molecule has 1 atom stereocenters. The highest BCUT2D eigenvalue weighted by molar-refractivity contribution is 6.39. The number of carbonyl (C=O) groups excluding carboxylic acids is 2. The van der Waals surface area contributed by atoms with E-state index in [0.29, 0.717) is 17.2 Å². The van der Waals surface area contributed by atoms with Crippen molar-refractivity contribution in [2.45, 2.75) is 6.04 Å². The summed E-state index contributed by atoms with van der Waals surface area (Å²) in [5.41, 5.74) is 2.55. The highest BCUT2D eigenvalue weighted by Crippen LogP contribution is 2.29. The Morgan fingerprint density at radius 2 is 1.81 bits per heavy atom. The molecule has 1 heterocycles. The molecule has 2 amide bonds. The number of hydrogen-bond donors (Lipinski definition) is 2. The third kappa shape index (κ3) is 4.80. The number of hydrogen-bond acceptors (Lipinski definition) is 5. The SMILES string of the molecule is COc1ccc(OC)c(NC(=O)C(=O)NCC(c2cn(C)c3ccccc23)N(C)C)c1. The Bertz CT molecular complexity index is 1090. The Hall–Kier alpha value is -3.52. The van der Waals surface area contributed by atoms with Gasteiger partial charge in [-0.15, -0.1) is 0 Å². The van der Waals surface area contributed by atoms with Crippen LogP contribution in [-0.4, -0.2) is 56.1 Å². The fourth-order valence-electron chi connectivity index (χ4n) is 3.57. The van der Waals surface area contributed by atoms with Gasteiger partial charge in [0.15, 0.2) is 0 Å². The van der Waals surface area contributed by atoms with E-state index in [9.17, 15) is 9.59 Å². The van der Waals surface area contributed by atoms with E-state index in [0.717, 1.165) is 16.5 Å². The first-order chi connectivity index (χ1) is 14.8. The smallest absolute Gasteiger partial charge is 0.313 e. The van der Waals surface area contributed by atoms with Crippen LogP contribution in [0.25, 0.3) is 10.9 Å². The average Bonchev–Trinajstić information content (AvgIpc) is 3.10. The predicted octanol–water partition coefficient (Wildman–Crippen LogP) is 2.55. The molecule has 1 aromatic heterocycles. The second kappa shape index (κ2) is 9.53. The molecule has 2 aromatic carbocycles. The molecule has 0 aliphatic rings. The van der Waals surface area contributed by atoms with Crippen LogP contribution in [-0.2, 0) is 16.6 Å². The number of benzene rings is 2. The van der Waals surface area contributed by atoms with Crippen LogP contribution in [0.15, 0.2) is 48.7 Å². The molecular weight excluding hydrogens is 396 g/mol. The number of ether oxygens (including phenoxy) is 2. The number of anilines is 1. The van der Waals surface area contributed by atoms with Gasteiger partial charge in [-0.3, -0.25) is 9.59 Å². The van der Waals surface area contributed by atoms with Crippen LogP contribution in [0, 0.1) is 0 Å². The van der Waals surface area contributed by atoms with Crippen molar-refractivity contribution >= 4 is 28.4 Å². The maximum atomic E-state index is 12.5. The highest BCUT2D eigenvalue weighted by atomic mass is 16.5. The van der Waals surface area contributed by atoms with Gasteiger partial charge in [-0.1, -0.05) is 18.2 Å². The lowest BCUT2D eigenvalue weighted by Gasteiger charge is -2.24. The molecule has 8 heteroatoms. The van der Waals surface area contributed by atoms with Crippen LogP contribution >= 0.6 is 0 Å². The van der Waals surface area contributed by atoms with Gasteiger partial charge in [0.25, 0.3) is 0 Å². The number of para-hydroxylation sites is 1. The third-order valence-electron chi connectivity index (χ3n) is 5.23.